The van der Waals surface area contributed by atoms with Gasteiger partial charge in [-0.2, -0.15) is 0 Å². The third-order valence-electron chi connectivity index (χ3n) is 2.40. The minimum Gasteiger partial charge on any atom is -0.508 e. The highest BCUT2D eigenvalue weighted by Gasteiger charge is 2.10. The summed E-state index contributed by atoms with van der Waals surface area (Å²) in [6, 6.07) is 9.99. The van der Waals surface area contributed by atoms with Crippen LogP contribution in [0.5, 0.6) is 17.2 Å². The molecule has 2 aromatic carbocycles. The van der Waals surface area contributed by atoms with Crippen LogP contribution in [0.1, 0.15) is 5.56 Å². The molecule has 3 heteroatoms. The summed E-state index contributed by atoms with van der Waals surface area (Å²) in [6.45, 7) is 1.93. The van der Waals surface area contributed by atoms with Gasteiger partial charge in [0.25, 0.3) is 0 Å². The molecule has 0 atom stereocenters. The molecule has 2 rings (SSSR count). The molecule has 0 bridgehead atoms. The quantitative estimate of drug-likeness (QED) is 0.507. The maximum atomic E-state index is 9.71. The smallest absolute Gasteiger partial charge is 0.165 e. The minimum absolute atomic E-state index is 0.0770. The summed E-state index contributed by atoms with van der Waals surface area (Å²) in [7, 11) is 0. The van der Waals surface area contributed by atoms with E-state index in [0.717, 1.165) is 17.2 Å². The van der Waals surface area contributed by atoms with Crippen LogP contribution in [0, 0.1) is 6.92 Å². The fraction of sp³-hybridized carbons (Fsp3) is 0.0769. The first kappa shape index (κ1) is 10.4. The zero-order valence-corrected chi connectivity index (χ0v) is 8.81. The molecule has 16 heavy (non-hydrogen) atoms. The third-order valence-corrected chi connectivity index (χ3v) is 2.40. The number of benzene rings is 2. The molecule has 3 N–H and O–H groups in total. The van der Waals surface area contributed by atoms with Crippen molar-refractivity contribution in [3.05, 3.63) is 42.0 Å². The average Bonchev–Trinajstić information content (AvgIpc) is 2.23. The Morgan fingerprint density at radius 3 is 2.38 bits per heavy atom. The van der Waals surface area contributed by atoms with Gasteiger partial charge >= 0.3 is 0 Å². The summed E-state index contributed by atoms with van der Waals surface area (Å²) in [5.74, 6) is -0.619. The lowest BCUT2D eigenvalue weighted by Crippen LogP contribution is -1.81. The Hall–Kier alpha value is -2.16. The highest BCUT2D eigenvalue weighted by atomic mass is 16.3. The Labute approximate surface area is 93.2 Å². The fourth-order valence-corrected chi connectivity index (χ4v) is 1.64. The molecule has 0 heterocycles. The molecule has 0 fully saturated rings. The van der Waals surface area contributed by atoms with Crippen molar-refractivity contribution in [1.82, 2.24) is 0 Å². The maximum absolute atomic E-state index is 9.71. The van der Waals surface area contributed by atoms with Gasteiger partial charge in [-0.25, -0.2) is 0 Å². The first-order valence-corrected chi connectivity index (χ1v) is 4.90. The standard InChI is InChI=1S/C13H12O3/c1-8-3-2-4-9(5-8)11-6-10(14)7-12(15)13(11)16/h2-7,14-16H,1H3. The van der Waals surface area contributed by atoms with E-state index in [4.69, 9.17) is 0 Å². The van der Waals surface area contributed by atoms with E-state index in [1.165, 1.54) is 6.07 Å². The molecule has 0 aliphatic carbocycles. The van der Waals surface area contributed by atoms with Crippen molar-refractivity contribution in [2.45, 2.75) is 6.92 Å². The molecular weight excluding hydrogens is 204 g/mol. The number of rotatable bonds is 1. The van der Waals surface area contributed by atoms with Gasteiger partial charge in [-0.15, -0.1) is 0 Å². The van der Waals surface area contributed by atoms with Gasteiger partial charge in [-0.05, 0) is 18.6 Å². The van der Waals surface area contributed by atoms with Crippen LogP contribution in [-0.2, 0) is 0 Å². The van der Waals surface area contributed by atoms with Crippen LogP contribution in [-0.4, -0.2) is 15.3 Å². The number of hydrogen-bond donors (Lipinski definition) is 3. The average molecular weight is 216 g/mol. The molecule has 0 unspecified atom stereocenters. The predicted molar refractivity (Wildman–Crippen MR) is 61.6 cm³/mol. The summed E-state index contributed by atoms with van der Waals surface area (Å²) in [6.07, 6.45) is 0. The van der Waals surface area contributed by atoms with E-state index in [1.54, 1.807) is 6.07 Å². The summed E-state index contributed by atoms with van der Waals surface area (Å²) >= 11 is 0. The second-order valence-corrected chi connectivity index (χ2v) is 3.73. The molecule has 0 aliphatic heterocycles. The van der Waals surface area contributed by atoms with Gasteiger partial charge in [0.15, 0.2) is 11.5 Å². The van der Waals surface area contributed by atoms with Gasteiger partial charge in [0.1, 0.15) is 5.75 Å². The Kier molecular flexibility index (Phi) is 2.44. The molecule has 0 aromatic heterocycles. The van der Waals surface area contributed by atoms with Crippen molar-refractivity contribution in [2.75, 3.05) is 0 Å². The van der Waals surface area contributed by atoms with E-state index in [0.29, 0.717) is 5.56 Å². The Morgan fingerprint density at radius 1 is 0.938 bits per heavy atom. The monoisotopic (exact) mass is 216 g/mol. The van der Waals surface area contributed by atoms with Gasteiger partial charge in [-0.3, -0.25) is 0 Å². The van der Waals surface area contributed by atoms with Crippen molar-refractivity contribution in [3.8, 4) is 28.4 Å². The van der Waals surface area contributed by atoms with E-state index in [1.807, 2.05) is 25.1 Å². The van der Waals surface area contributed by atoms with Crippen LogP contribution < -0.4 is 0 Å². The molecule has 0 aliphatic rings. The second kappa shape index (κ2) is 3.77. The van der Waals surface area contributed by atoms with E-state index in [2.05, 4.69) is 0 Å². The molecule has 0 saturated carbocycles. The van der Waals surface area contributed by atoms with Gasteiger partial charge in [0, 0.05) is 11.6 Å². The van der Waals surface area contributed by atoms with Gasteiger partial charge in [-0.1, -0.05) is 29.8 Å². The van der Waals surface area contributed by atoms with Crippen LogP contribution >= 0.6 is 0 Å². The lowest BCUT2D eigenvalue weighted by Gasteiger charge is -2.08. The molecule has 0 amide bonds. The number of phenolic OH excluding ortho intramolecular Hbond substituents is 3. The lowest BCUT2D eigenvalue weighted by atomic mass is 10.0. The number of phenols is 3. The van der Waals surface area contributed by atoms with Crippen molar-refractivity contribution < 1.29 is 15.3 Å². The zero-order chi connectivity index (χ0) is 11.7. The highest BCUT2D eigenvalue weighted by Crippen LogP contribution is 2.39. The van der Waals surface area contributed by atoms with E-state index < -0.39 is 0 Å². The number of hydrogen-bond acceptors (Lipinski definition) is 3. The Morgan fingerprint density at radius 2 is 1.69 bits per heavy atom. The zero-order valence-electron chi connectivity index (χ0n) is 8.81. The second-order valence-electron chi connectivity index (χ2n) is 3.73. The molecule has 0 saturated heterocycles. The summed E-state index contributed by atoms with van der Waals surface area (Å²) in [4.78, 5) is 0. The van der Waals surface area contributed by atoms with E-state index in [9.17, 15) is 15.3 Å². The molecule has 82 valence electrons. The van der Waals surface area contributed by atoms with Gasteiger partial charge < -0.3 is 15.3 Å². The SMILES string of the molecule is Cc1cccc(-c2cc(O)cc(O)c2O)c1. The van der Waals surface area contributed by atoms with Crippen LogP contribution in [0.4, 0.5) is 0 Å². The summed E-state index contributed by atoms with van der Waals surface area (Å²) in [5, 5.41) is 28.5. The van der Waals surface area contributed by atoms with Gasteiger partial charge in [0.2, 0.25) is 0 Å². The van der Waals surface area contributed by atoms with E-state index >= 15 is 0 Å². The molecule has 2 aromatic rings. The molecule has 3 nitrogen and oxygen atoms in total. The van der Waals surface area contributed by atoms with Crippen LogP contribution in [0.15, 0.2) is 36.4 Å². The predicted octanol–water partition coefficient (Wildman–Crippen LogP) is 2.78. The molecule has 0 radical (unpaired) electrons. The fourth-order valence-electron chi connectivity index (χ4n) is 1.64. The minimum atomic E-state index is -0.323. The van der Waals surface area contributed by atoms with Crippen LogP contribution in [0.3, 0.4) is 0 Å². The maximum Gasteiger partial charge on any atom is 0.165 e. The molecule has 0 spiro atoms. The highest BCUT2D eigenvalue weighted by molar-refractivity contribution is 5.75. The van der Waals surface area contributed by atoms with Gasteiger partial charge in [0.05, 0.1) is 0 Å². The number of aryl methyl sites for hydroxylation is 1. The summed E-state index contributed by atoms with van der Waals surface area (Å²) in [5.41, 5.74) is 2.21. The molecular formula is C13H12O3. The van der Waals surface area contributed by atoms with Crippen molar-refractivity contribution in [1.29, 1.82) is 0 Å². The first-order valence-electron chi connectivity index (χ1n) is 4.90. The van der Waals surface area contributed by atoms with E-state index in [-0.39, 0.29) is 17.2 Å². The first-order chi connectivity index (χ1) is 7.58. The van der Waals surface area contributed by atoms with Crippen LogP contribution in [0.2, 0.25) is 0 Å². The normalized spacial score (nSPS) is 10.3. The lowest BCUT2D eigenvalue weighted by molar-refractivity contribution is 0.398. The van der Waals surface area contributed by atoms with Crippen molar-refractivity contribution in [2.24, 2.45) is 0 Å². The third kappa shape index (κ3) is 1.80. The largest absolute Gasteiger partial charge is 0.508 e. The summed E-state index contributed by atoms with van der Waals surface area (Å²) < 4.78 is 0. The Bertz CT molecular complexity index is 533. The number of aromatic hydroxyl groups is 3. The topological polar surface area (TPSA) is 60.7 Å². The van der Waals surface area contributed by atoms with Crippen LogP contribution in [0.25, 0.3) is 11.1 Å². The van der Waals surface area contributed by atoms with Crippen molar-refractivity contribution >= 4 is 0 Å². The van der Waals surface area contributed by atoms with Crippen molar-refractivity contribution in [3.63, 3.8) is 0 Å². The Balaban J connectivity index is 2.64.